The Balaban J connectivity index is -0.0000000164. The summed E-state index contributed by atoms with van der Waals surface area (Å²) >= 11 is 0. The summed E-state index contributed by atoms with van der Waals surface area (Å²) in [6.45, 7) is 21.6. The molecule has 0 spiro atoms. The van der Waals surface area contributed by atoms with Crippen molar-refractivity contribution in [2.75, 3.05) is 0 Å². The number of hydrogen-bond acceptors (Lipinski definition) is 0. The molecule has 0 amide bonds. The van der Waals surface area contributed by atoms with E-state index in [0.717, 1.165) is 0 Å². The summed E-state index contributed by atoms with van der Waals surface area (Å²) in [5, 5.41) is 0. The first-order valence-corrected chi connectivity index (χ1v) is 5.49. The number of rotatable bonds is 0. The van der Waals surface area contributed by atoms with Gasteiger partial charge in [-0.05, 0) is 13.8 Å². The van der Waals surface area contributed by atoms with Crippen molar-refractivity contribution in [1.29, 1.82) is 0 Å². The predicted octanol–water partition coefficient (Wildman–Crippen LogP) is 5.55. The monoisotopic (exact) mass is 212 g/mol. The van der Waals surface area contributed by atoms with Crippen LogP contribution in [0.3, 0.4) is 0 Å². The van der Waals surface area contributed by atoms with Gasteiger partial charge < -0.3 is 0 Å². The van der Waals surface area contributed by atoms with Crippen molar-refractivity contribution in [3.05, 3.63) is 13.2 Å². The SMILES string of the molecule is C#CC.C#CC.C=C.CC.CC.CCC. The maximum atomic E-state index is 4.60. The van der Waals surface area contributed by atoms with Crippen LogP contribution >= 0.6 is 0 Å². The van der Waals surface area contributed by atoms with Gasteiger partial charge in [-0.15, -0.1) is 37.8 Å². The molecular weight excluding hydrogens is 180 g/mol. The smallest absolute Gasteiger partial charge is 0.00297 e. The second-order valence-corrected chi connectivity index (χ2v) is 1.28. The summed E-state index contributed by atoms with van der Waals surface area (Å²) in [6, 6.07) is 0. The van der Waals surface area contributed by atoms with Gasteiger partial charge in [0.25, 0.3) is 0 Å². The molecule has 0 radical (unpaired) electrons. The third-order valence-electron chi connectivity index (χ3n) is 0. The molecule has 0 aliphatic carbocycles. The van der Waals surface area contributed by atoms with Gasteiger partial charge in [0, 0.05) is 0 Å². The normalized spacial score (nSPS) is 3.33. The van der Waals surface area contributed by atoms with Gasteiger partial charge in [-0.1, -0.05) is 48.0 Å². The minimum atomic E-state index is 1.25. The molecule has 0 heteroatoms. The second kappa shape index (κ2) is 523. The molecule has 0 heterocycles. The molecule has 0 atom stereocenters. The van der Waals surface area contributed by atoms with Gasteiger partial charge in [0.2, 0.25) is 0 Å². The van der Waals surface area contributed by atoms with Crippen molar-refractivity contribution in [2.24, 2.45) is 0 Å². The molecule has 0 saturated carbocycles. The molecule has 0 aliphatic heterocycles. The van der Waals surface area contributed by atoms with E-state index in [9.17, 15) is 0 Å². The van der Waals surface area contributed by atoms with Crippen molar-refractivity contribution in [1.82, 2.24) is 0 Å². The topological polar surface area (TPSA) is 0 Å². The average molecular weight is 212 g/mol. The van der Waals surface area contributed by atoms with E-state index in [4.69, 9.17) is 0 Å². The van der Waals surface area contributed by atoms with Crippen LogP contribution in [0.1, 0.15) is 61.8 Å². The fourth-order valence-corrected chi connectivity index (χ4v) is 0. The summed E-state index contributed by atoms with van der Waals surface area (Å²) < 4.78 is 0. The molecule has 0 aromatic heterocycles. The predicted molar refractivity (Wildman–Crippen MR) is 78.9 cm³/mol. The van der Waals surface area contributed by atoms with E-state index in [1.165, 1.54) is 6.42 Å². The average Bonchev–Trinajstić information content (AvgIpc) is 2.29. The molecule has 92 valence electrons. The highest BCUT2D eigenvalue weighted by Crippen LogP contribution is 1.56. The van der Waals surface area contributed by atoms with Gasteiger partial charge in [0.15, 0.2) is 0 Å². The molecule has 0 saturated heterocycles. The Morgan fingerprint density at radius 3 is 0.800 bits per heavy atom. The molecular formula is C15H32. The standard InChI is InChI=1S/C3H8.2C3H4.2C2H6.C2H4/c3*1-3-2;3*1-2/h3H2,1-2H3;2*1H,2H3;2*1-2H3;1-2H2. The first kappa shape index (κ1) is 37.1. The maximum absolute atomic E-state index is 4.60. The van der Waals surface area contributed by atoms with Gasteiger partial charge in [-0.3, -0.25) is 0 Å². The largest absolute Gasteiger partial charge is 0.120 e. The summed E-state index contributed by atoms with van der Waals surface area (Å²) in [5.74, 6) is 4.50. The van der Waals surface area contributed by atoms with Gasteiger partial charge in [0.05, 0.1) is 0 Å². The summed E-state index contributed by atoms with van der Waals surface area (Å²) in [7, 11) is 0. The van der Waals surface area contributed by atoms with Gasteiger partial charge in [-0.25, -0.2) is 0 Å². The zero-order chi connectivity index (χ0) is 14.1. The van der Waals surface area contributed by atoms with Crippen LogP contribution in [0.2, 0.25) is 0 Å². The van der Waals surface area contributed by atoms with Gasteiger partial charge in [0.1, 0.15) is 0 Å². The summed E-state index contributed by atoms with van der Waals surface area (Å²) in [4.78, 5) is 0. The molecule has 0 bridgehead atoms. The van der Waals surface area contributed by atoms with E-state index in [1.807, 2.05) is 27.7 Å². The van der Waals surface area contributed by atoms with E-state index in [1.54, 1.807) is 13.8 Å². The van der Waals surface area contributed by atoms with Crippen LogP contribution in [0.5, 0.6) is 0 Å². The Morgan fingerprint density at radius 1 is 0.800 bits per heavy atom. The summed E-state index contributed by atoms with van der Waals surface area (Å²) in [5.41, 5.74) is 0. The molecule has 15 heavy (non-hydrogen) atoms. The Kier molecular flexibility index (Phi) is 1290. The van der Waals surface area contributed by atoms with Crippen molar-refractivity contribution in [2.45, 2.75) is 61.8 Å². The van der Waals surface area contributed by atoms with Crippen LogP contribution in [0.15, 0.2) is 13.2 Å². The molecule has 0 fully saturated rings. The van der Waals surface area contributed by atoms with E-state index in [-0.39, 0.29) is 0 Å². The molecule has 0 nitrogen and oxygen atoms in total. The molecule has 0 rings (SSSR count). The fraction of sp³-hybridized carbons (Fsp3) is 0.600. The van der Waals surface area contributed by atoms with Crippen LogP contribution in [0.4, 0.5) is 0 Å². The second-order valence-electron chi connectivity index (χ2n) is 1.28. The van der Waals surface area contributed by atoms with E-state index in [2.05, 4.69) is 51.7 Å². The third kappa shape index (κ3) is 1170. The van der Waals surface area contributed by atoms with Crippen LogP contribution in [-0.2, 0) is 0 Å². The fourth-order valence-electron chi connectivity index (χ4n) is 0. The quantitative estimate of drug-likeness (QED) is 0.365. The van der Waals surface area contributed by atoms with Crippen molar-refractivity contribution >= 4 is 0 Å². The number of terminal acetylenes is 2. The van der Waals surface area contributed by atoms with Crippen LogP contribution < -0.4 is 0 Å². The van der Waals surface area contributed by atoms with Gasteiger partial charge in [-0.2, -0.15) is 0 Å². The first-order chi connectivity index (χ1) is 7.24. The zero-order valence-electron chi connectivity index (χ0n) is 12.3. The zero-order valence-corrected chi connectivity index (χ0v) is 12.3. The lowest BCUT2D eigenvalue weighted by atomic mass is 10.6. The van der Waals surface area contributed by atoms with Crippen molar-refractivity contribution in [3.8, 4) is 24.7 Å². The molecule has 0 aromatic rings. The first-order valence-electron chi connectivity index (χ1n) is 5.49. The third-order valence-corrected chi connectivity index (χ3v) is 0. The van der Waals surface area contributed by atoms with E-state index in [0.29, 0.717) is 0 Å². The van der Waals surface area contributed by atoms with E-state index < -0.39 is 0 Å². The van der Waals surface area contributed by atoms with Crippen LogP contribution in [0.25, 0.3) is 0 Å². The molecule has 0 unspecified atom stereocenters. The van der Waals surface area contributed by atoms with Crippen LogP contribution in [0, 0.1) is 24.7 Å². The Hall–Kier alpha value is -1.14. The molecule has 0 aromatic carbocycles. The minimum Gasteiger partial charge on any atom is -0.120 e. The lowest BCUT2D eigenvalue weighted by Gasteiger charge is -1.48. The van der Waals surface area contributed by atoms with E-state index >= 15 is 0 Å². The van der Waals surface area contributed by atoms with Gasteiger partial charge >= 0.3 is 0 Å². The minimum absolute atomic E-state index is 1.25. The molecule has 0 N–H and O–H groups in total. The molecule has 0 aliphatic rings. The van der Waals surface area contributed by atoms with Crippen LogP contribution in [-0.4, -0.2) is 0 Å². The highest BCUT2D eigenvalue weighted by Gasteiger charge is 1.35. The summed E-state index contributed by atoms with van der Waals surface area (Å²) in [6.07, 6.45) is 10.4. The Labute approximate surface area is 100 Å². The van der Waals surface area contributed by atoms with Crippen molar-refractivity contribution in [3.63, 3.8) is 0 Å². The lowest BCUT2D eigenvalue weighted by Crippen LogP contribution is -1.27. The maximum Gasteiger partial charge on any atom is -0.00297 e. The Bertz CT molecular complexity index is 75.6. The highest BCUT2D eigenvalue weighted by molar-refractivity contribution is 4.73. The van der Waals surface area contributed by atoms with Crippen molar-refractivity contribution < 1.29 is 0 Å². The Morgan fingerprint density at radius 2 is 0.800 bits per heavy atom. The highest BCUT2D eigenvalue weighted by atomic mass is 13.4. The lowest BCUT2D eigenvalue weighted by molar-refractivity contribution is 1.09. The number of hydrogen-bond donors (Lipinski definition) is 0.